The van der Waals surface area contributed by atoms with Gasteiger partial charge in [-0.1, -0.05) is 37.5 Å². The van der Waals surface area contributed by atoms with Gasteiger partial charge in [-0.3, -0.25) is 5.41 Å². The van der Waals surface area contributed by atoms with Crippen molar-refractivity contribution < 1.29 is 0 Å². The molecule has 110 valence electrons. The zero-order valence-corrected chi connectivity index (χ0v) is 12.5. The van der Waals surface area contributed by atoms with Crippen molar-refractivity contribution in [3.05, 3.63) is 35.9 Å². The quantitative estimate of drug-likeness (QED) is 0.670. The number of nitrogens with two attached hydrogens (primary N) is 1. The Morgan fingerprint density at radius 1 is 1.24 bits per heavy atom. The van der Waals surface area contributed by atoms with Crippen LogP contribution >= 0.6 is 0 Å². The molecule has 0 radical (unpaired) electrons. The van der Waals surface area contributed by atoms with Crippen molar-refractivity contribution in [1.29, 1.82) is 5.41 Å². The molecule has 4 nitrogen and oxygen atoms in total. The first-order valence-corrected chi connectivity index (χ1v) is 7.64. The topological polar surface area (TPSA) is 66.0 Å². The average Bonchev–Trinajstić information content (AvgIpc) is 2.53. The van der Waals surface area contributed by atoms with Crippen molar-refractivity contribution in [2.24, 2.45) is 5.73 Å². The third-order valence-electron chi connectivity index (χ3n) is 4.45. The normalized spacial score (nSPS) is 16.0. The van der Waals surface area contributed by atoms with E-state index in [1.807, 2.05) is 30.3 Å². The van der Waals surface area contributed by atoms with Crippen LogP contribution < -0.4 is 10.6 Å². The van der Waals surface area contributed by atoms with Gasteiger partial charge in [0.25, 0.3) is 0 Å². The fraction of sp³-hybridized carbons (Fsp3) is 0.412. The van der Waals surface area contributed by atoms with Gasteiger partial charge >= 0.3 is 0 Å². The number of fused-ring (bicyclic) bond motifs is 1. The molecule has 1 saturated carbocycles. The summed E-state index contributed by atoms with van der Waals surface area (Å²) in [5.41, 5.74) is 7.49. The number of nitrogen functional groups attached to an aromatic ring is 1. The number of hydrogen-bond acceptors (Lipinski definition) is 3. The highest BCUT2D eigenvalue weighted by Gasteiger charge is 2.22. The molecule has 1 aromatic heterocycles. The fourth-order valence-electron chi connectivity index (χ4n) is 3.21. The molecule has 0 unspecified atom stereocenters. The maximum absolute atomic E-state index is 7.87. The number of hydrogen-bond donors (Lipinski definition) is 2. The van der Waals surface area contributed by atoms with E-state index in [0.717, 1.165) is 22.3 Å². The molecule has 1 aliphatic carbocycles. The molecule has 3 rings (SSSR count). The summed E-state index contributed by atoms with van der Waals surface area (Å²) in [4.78, 5) is 7.00. The second-order valence-electron chi connectivity index (χ2n) is 5.87. The molecule has 1 aliphatic rings. The molecule has 0 bridgehead atoms. The van der Waals surface area contributed by atoms with E-state index in [9.17, 15) is 0 Å². The summed E-state index contributed by atoms with van der Waals surface area (Å²) in [6.45, 7) is 0. The smallest absolute Gasteiger partial charge is 0.140 e. The first-order chi connectivity index (χ1) is 10.2. The molecule has 21 heavy (non-hydrogen) atoms. The summed E-state index contributed by atoms with van der Waals surface area (Å²) in [5.74, 6) is 0.930. The highest BCUT2D eigenvalue weighted by molar-refractivity contribution is 6.03. The summed E-state index contributed by atoms with van der Waals surface area (Å²) in [5, 5.41) is 8.90. The lowest BCUT2D eigenvalue weighted by atomic mass is 9.94. The molecule has 4 heteroatoms. The molecule has 0 saturated heterocycles. The highest BCUT2D eigenvalue weighted by atomic mass is 15.2. The summed E-state index contributed by atoms with van der Waals surface area (Å²) >= 11 is 0. The number of nitrogens with one attached hydrogen (secondary N) is 1. The van der Waals surface area contributed by atoms with Gasteiger partial charge in [0.05, 0.1) is 11.1 Å². The number of pyridine rings is 1. The van der Waals surface area contributed by atoms with Gasteiger partial charge in [0, 0.05) is 18.5 Å². The van der Waals surface area contributed by atoms with Crippen molar-refractivity contribution in [3.8, 4) is 0 Å². The van der Waals surface area contributed by atoms with Crippen LogP contribution in [0.25, 0.3) is 10.9 Å². The first-order valence-electron chi connectivity index (χ1n) is 7.64. The molecule has 1 fully saturated rings. The Hall–Kier alpha value is -2.10. The third-order valence-corrected chi connectivity index (χ3v) is 4.45. The number of nitrogens with zero attached hydrogens (tertiary/aromatic N) is 2. The number of aromatic nitrogens is 1. The number of anilines is 1. The van der Waals surface area contributed by atoms with Crippen LogP contribution in [0.4, 0.5) is 5.82 Å². The minimum absolute atomic E-state index is 0.0888. The Labute approximate surface area is 125 Å². The summed E-state index contributed by atoms with van der Waals surface area (Å²) < 4.78 is 0. The van der Waals surface area contributed by atoms with Crippen molar-refractivity contribution >= 4 is 22.6 Å². The molecule has 0 spiro atoms. The van der Waals surface area contributed by atoms with Crippen LogP contribution in [0.15, 0.2) is 30.3 Å². The minimum Gasteiger partial charge on any atom is -0.384 e. The van der Waals surface area contributed by atoms with E-state index in [1.54, 1.807) is 0 Å². The number of benzene rings is 1. The largest absolute Gasteiger partial charge is 0.384 e. The van der Waals surface area contributed by atoms with Crippen molar-refractivity contribution in [2.75, 3.05) is 11.9 Å². The number of para-hydroxylation sites is 1. The molecule has 0 amide bonds. The maximum Gasteiger partial charge on any atom is 0.140 e. The van der Waals surface area contributed by atoms with Crippen LogP contribution in [-0.2, 0) is 0 Å². The van der Waals surface area contributed by atoms with E-state index in [1.165, 1.54) is 32.1 Å². The molecular weight excluding hydrogens is 260 g/mol. The second-order valence-corrected chi connectivity index (χ2v) is 5.87. The number of rotatable bonds is 3. The average molecular weight is 282 g/mol. The van der Waals surface area contributed by atoms with E-state index < -0.39 is 0 Å². The van der Waals surface area contributed by atoms with Gasteiger partial charge < -0.3 is 10.6 Å². The van der Waals surface area contributed by atoms with E-state index >= 15 is 0 Å². The van der Waals surface area contributed by atoms with Gasteiger partial charge in [-0.15, -0.1) is 0 Å². The summed E-state index contributed by atoms with van der Waals surface area (Å²) in [7, 11) is 2.08. The molecular formula is C17H22N4. The first kappa shape index (κ1) is 13.9. The zero-order chi connectivity index (χ0) is 14.8. The number of amidine groups is 1. The lowest BCUT2D eigenvalue weighted by Gasteiger charge is -2.33. The van der Waals surface area contributed by atoms with E-state index in [-0.39, 0.29) is 5.84 Å². The van der Waals surface area contributed by atoms with Crippen LogP contribution in [0, 0.1) is 5.41 Å². The van der Waals surface area contributed by atoms with Crippen LogP contribution in [0.1, 0.15) is 37.7 Å². The van der Waals surface area contributed by atoms with Gasteiger partial charge in [0.2, 0.25) is 0 Å². The van der Waals surface area contributed by atoms with Gasteiger partial charge in [-0.25, -0.2) is 4.98 Å². The van der Waals surface area contributed by atoms with Gasteiger partial charge in [0.1, 0.15) is 11.7 Å². The molecule has 1 aromatic carbocycles. The van der Waals surface area contributed by atoms with Crippen LogP contribution in [0.5, 0.6) is 0 Å². The fourth-order valence-corrected chi connectivity index (χ4v) is 3.21. The SMILES string of the molecule is CN(c1nc2ccccc2cc1C(=N)N)C1CCCCC1. The van der Waals surface area contributed by atoms with E-state index in [2.05, 4.69) is 11.9 Å². The lowest BCUT2D eigenvalue weighted by molar-refractivity contribution is 0.426. The molecule has 2 aromatic rings. The Morgan fingerprint density at radius 3 is 2.67 bits per heavy atom. The van der Waals surface area contributed by atoms with Crippen molar-refractivity contribution in [1.82, 2.24) is 4.98 Å². The molecule has 0 atom stereocenters. The van der Waals surface area contributed by atoms with Crippen LogP contribution in [-0.4, -0.2) is 23.9 Å². The van der Waals surface area contributed by atoms with Crippen molar-refractivity contribution in [3.63, 3.8) is 0 Å². The lowest BCUT2D eigenvalue weighted by Crippen LogP contribution is -2.35. The van der Waals surface area contributed by atoms with E-state index in [4.69, 9.17) is 16.1 Å². The van der Waals surface area contributed by atoms with Gasteiger partial charge in [-0.05, 0) is 25.0 Å². The van der Waals surface area contributed by atoms with Gasteiger partial charge in [-0.2, -0.15) is 0 Å². The zero-order valence-electron chi connectivity index (χ0n) is 12.5. The van der Waals surface area contributed by atoms with E-state index in [0.29, 0.717) is 6.04 Å². The predicted octanol–water partition coefficient (Wildman–Crippen LogP) is 3.29. The minimum atomic E-state index is 0.0888. The highest BCUT2D eigenvalue weighted by Crippen LogP contribution is 2.29. The van der Waals surface area contributed by atoms with Crippen LogP contribution in [0.3, 0.4) is 0 Å². The molecule has 3 N–H and O–H groups in total. The monoisotopic (exact) mass is 282 g/mol. The maximum atomic E-state index is 7.87. The molecule has 1 heterocycles. The Balaban J connectivity index is 2.06. The van der Waals surface area contributed by atoms with Gasteiger partial charge in [0.15, 0.2) is 0 Å². The Morgan fingerprint density at radius 2 is 1.95 bits per heavy atom. The van der Waals surface area contributed by atoms with Crippen molar-refractivity contribution in [2.45, 2.75) is 38.1 Å². The standard InChI is InChI=1S/C17H22N4/c1-21(13-8-3-2-4-9-13)17-14(16(18)19)11-12-7-5-6-10-15(12)20-17/h5-7,10-11,13H,2-4,8-9H2,1H3,(H3,18,19). The Bertz CT molecular complexity index is 659. The summed E-state index contributed by atoms with van der Waals surface area (Å²) in [6, 6.07) is 10.5. The summed E-state index contributed by atoms with van der Waals surface area (Å²) in [6.07, 6.45) is 6.27. The molecule has 0 aliphatic heterocycles. The second kappa shape index (κ2) is 5.72. The predicted molar refractivity (Wildman–Crippen MR) is 88.0 cm³/mol. The third kappa shape index (κ3) is 2.71. The van der Waals surface area contributed by atoms with Crippen LogP contribution in [0.2, 0.25) is 0 Å². The Kier molecular flexibility index (Phi) is 3.78.